The number of ether oxygens (including phenoxy) is 1. The number of carbonyl (C=O) groups excluding carboxylic acids is 2. The van der Waals surface area contributed by atoms with Gasteiger partial charge in [-0.25, -0.2) is 9.78 Å². The Balaban J connectivity index is 1.64. The lowest BCUT2D eigenvalue weighted by Gasteiger charge is -2.18. The van der Waals surface area contributed by atoms with E-state index in [9.17, 15) is 19.5 Å². The van der Waals surface area contributed by atoms with E-state index in [0.29, 0.717) is 43.0 Å². The Morgan fingerprint density at radius 3 is 2.62 bits per heavy atom. The quantitative estimate of drug-likeness (QED) is 0.182. The third-order valence-electron chi connectivity index (χ3n) is 7.00. The molecule has 1 aliphatic heterocycles. The van der Waals surface area contributed by atoms with Crippen LogP contribution < -0.4 is 21.1 Å². The number of aromatic nitrogens is 1. The molecule has 0 fully saturated rings. The fourth-order valence-electron chi connectivity index (χ4n) is 4.85. The maximum absolute atomic E-state index is 13.9. The van der Waals surface area contributed by atoms with E-state index in [4.69, 9.17) is 15.6 Å². The zero-order valence-electron chi connectivity index (χ0n) is 22.9. The largest absolute Gasteiger partial charge is 0.493 e. The van der Waals surface area contributed by atoms with Crippen LogP contribution in [0.25, 0.3) is 21.6 Å². The summed E-state index contributed by atoms with van der Waals surface area (Å²) in [6.07, 6.45) is 1.04. The molecule has 0 bridgehead atoms. The molecule has 6 N–H and O–H groups in total. The highest BCUT2D eigenvalue weighted by Gasteiger charge is 2.26. The second-order valence-corrected chi connectivity index (χ2v) is 10.7. The van der Waals surface area contributed by atoms with Gasteiger partial charge in [-0.2, -0.15) is 0 Å². The summed E-state index contributed by atoms with van der Waals surface area (Å²) in [6, 6.07) is 13.8. The number of nitrogens with zero attached hydrogens (tertiary/aromatic N) is 1. The van der Waals surface area contributed by atoms with Crippen LogP contribution in [0.4, 0.5) is 5.69 Å². The molecular weight excluding hydrogens is 556 g/mol. The first kappa shape index (κ1) is 28.9. The van der Waals surface area contributed by atoms with Crippen LogP contribution in [0.1, 0.15) is 54.4 Å². The molecule has 216 valence electrons. The van der Waals surface area contributed by atoms with E-state index in [-0.39, 0.29) is 35.7 Å². The molecule has 5 rings (SSSR count). The van der Waals surface area contributed by atoms with E-state index >= 15 is 0 Å². The number of hydrogen-bond acceptors (Lipinski definition) is 8. The number of aromatic carboxylic acids is 1. The molecule has 1 aliphatic rings. The Bertz CT molecular complexity index is 1680. The molecule has 11 heteroatoms. The van der Waals surface area contributed by atoms with Crippen molar-refractivity contribution < 1.29 is 29.3 Å². The summed E-state index contributed by atoms with van der Waals surface area (Å²) in [4.78, 5) is 44.0. The number of nitrogens with two attached hydrogens (primary N) is 1. The number of pyridine rings is 1. The van der Waals surface area contributed by atoms with Crippen LogP contribution in [-0.4, -0.2) is 52.7 Å². The van der Waals surface area contributed by atoms with Gasteiger partial charge in [-0.3, -0.25) is 9.59 Å². The number of anilines is 1. The first-order valence-electron chi connectivity index (χ1n) is 13.4. The van der Waals surface area contributed by atoms with Crippen LogP contribution in [0.2, 0.25) is 0 Å². The van der Waals surface area contributed by atoms with Gasteiger partial charge in [0.15, 0.2) is 5.69 Å². The van der Waals surface area contributed by atoms with Crippen molar-refractivity contribution in [3.63, 3.8) is 0 Å². The number of carbonyl (C=O) groups is 3. The summed E-state index contributed by atoms with van der Waals surface area (Å²) >= 11 is 1.55. The van der Waals surface area contributed by atoms with Crippen LogP contribution in [0.15, 0.2) is 53.9 Å². The highest BCUT2D eigenvalue weighted by Crippen LogP contribution is 2.43. The molecule has 0 saturated heterocycles. The number of carboxylic acid groups (broad SMARTS) is 1. The van der Waals surface area contributed by atoms with Gasteiger partial charge in [-0.1, -0.05) is 12.1 Å². The zero-order valence-corrected chi connectivity index (χ0v) is 23.7. The minimum Gasteiger partial charge on any atom is -0.493 e. The van der Waals surface area contributed by atoms with Crippen molar-refractivity contribution in [1.82, 2.24) is 10.3 Å². The molecule has 0 atom stereocenters. The molecule has 0 aliphatic carbocycles. The summed E-state index contributed by atoms with van der Waals surface area (Å²) in [7, 11) is 0. The van der Waals surface area contributed by atoms with E-state index < -0.39 is 17.8 Å². The second kappa shape index (κ2) is 12.5. The number of aliphatic hydroxyl groups excluding tert-OH is 1. The number of fused-ring (bicyclic) bond motifs is 3. The minimum absolute atomic E-state index is 0.0926. The maximum Gasteiger partial charge on any atom is 0.355 e. The molecule has 2 aromatic carbocycles. The monoisotopic (exact) mass is 586 g/mol. The first-order chi connectivity index (χ1) is 20.3. The summed E-state index contributed by atoms with van der Waals surface area (Å²) in [5.74, 6) is -1.84. The lowest BCUT2D eigenvalue weighted by molar-refractivity contribution is 0.0691. The van der Waals surface area contributed by atoms with E-state index in [0.717, 1.165) is 27.1 Å². The highest BCUT2D eigenvalue weighted by atomic mass is 32.1. The number of aryl methyl sites for hydroxylation is 1. The lowest BCUT2D eigenvalue weighted by atomic mass is 9.93. The van der Waals surface area contributed by atoms with Crippen molar-refractivity contribution in [3.05, 3.63) is 87.6 Å². The number of nitrogens with one attached hydrogen (secondary N) is 2. The van der Waals surface area contributed by atoms with Crippen LogP contribution in [0.3, 0.4) is 0 Å². The van der Waals surface area contributed by atoms with Gasteiger partial charge in [-0.15, -0.1) is 11.3 Å². The third-order valence-corrected chi connectivity index (χ3v) is 7.99. The van der Waals surface area contributed by atoms with Crippen LogP contribution in [0, 0.1) is 6.92 Å². The lowest BCUT2D eigenvalue weighted by Crippen LogP contribution is -2.26. The summed E-state index contributed by atoms with van der Waals surface area (Å²) < 4.78 is 6.08. The Morgan fingerprint density at radius 1 is 1.05 bits per heavy atom. The summed E-state index contributed by atoms with van der Waals surface area (Å²) in [5, 5.41) is 26.7. The fraction of sp³-hybridized carbons (Fsp3) is 0.226. The highest BCUT2D eigenvalue weighted by molar-refractivity contribution is 7.13. The maximum atomic E-state index is 13.9. The minimum atomic E-state index is -1.36. The van der Waals surface area contributed by atoms with Crippen molar-refractivity contribution in [1.29, 1.82) is 0 Å². The van der Waals surface area contributed by atoms with Crippen molar-refractivity contribution in [3.8, 4) is 27.3 Å². The zero-order chi connectivity index (χ0) is 29.8. The Morgan fingerprint density at radius 2 is 1.88 bits per heavy atom. The summed E-state index contributed by atoms with van der Waals surface area (Å²) in [5.41, 5.74) is 10.2. The molecule has 3 heterocycles. The predicted octanol–water partition coefficient (Wildman–Crippen LogP) is 4.24. The number of carboxylic acids is 1. The van der Waals surface area contributed by atoms with Crippen molar-refractivity contribution >= 4 is 34.8 Å². The smallest absolute Gasteiger partial charge is 0.355 e. The molecule has 2 aromatic heterocycles. The molecule has 10 nitrogen and oxygen atoms in total. The molecule has 0 unspecified atom stereocenters. The van der Waals surface area contributed by atoms with E-state index in [1.165, 1.54) is 12.1 Å². The Labute approximate surface area is 246 Å². The number of amides is 2. The number of benzene rings is 2. The van der Waals surface area contributed by atoms with Gasteiger partial charge in [0.1, 0.15) is 11.4 Å². The molecular formula is C31H30N4O6S. The topological polar surface area (TPSA) is 164 Å². The van der Waals surface area contributed by atoms with Gasteiger partial charge in [0.25, 0.3) is 11.8 Å². The molecule has 0 saturated carbocycles. The van der Waals surface area contributed by atoms with Gasteiger partial charge >= 0.3 is 5.97 Å². The standard InChI is InChI=1S/C31H30N4O6S/c1-17-13-18(16-32)3-5-24(17)35-29(37)22-14-23-26(41-11-7-19-8-12-42-28(19)23)15-21(22)20-4-6-25(34-27(20)31(39)40)30(38)33-9-2-10-36/h3-6,8,12-15,36H,2,7,9-11,16,32H2,1H3,(H,33,38)(H,35,37)(H,39,40). The Kier molecular flexibility index (Phi) is 8.62. The second-order valence-electron chi connectivity index (χ2n) is 9.81. The predicted molar refractivity (Wildman–Crippen MR) is 160 cm³/mol. The molecule has 0 spiro atoms. The van der Waals surface area contributed by atoms with Crippen molar-refractivity contribution in [2.45, 2.75) is 26.3 Å². The van der Waals surface area contributed by atoms with Gasteiger partial charge in [0, 0.05) is 58.9 Å². The normalized spacial score (nSPS) is 12.0. The fourth-order valence-corrected chi connectivity index (χ4v) is 5.82. The number of aliphatic hydroxyl groups is 1. The SMILES string of the molecule is Cc1cc(CN)ccc1NC(=O)c1cc2c(cc1-c1ccc(C(=O)NCCCO)nc1C(=O)O)OCCc1ccsc1-2. The molecule has 4 aromatic rings. The van der Waals surface area contributed by atoms with Crippen LogP contribution in [-0.2, 0) is 13.0 Å². The average molecular weight is 587 g/mol. The Hall–Kier alpha value is -4.58. The van der Waals surface area contributed by atoms with Gasteiger partial charge in [0.2, 0.25) is 0 Å². The summed E-state index contributed by atoms with van der Waals surface area (Å²) in [6.45, 7) is 2.78. The number of hydrogen-bond donors (Lipinski definition) is 5. The number of rotatable bonds is 9. The van der Waals surface area contributed by atoms with Gasteiger partial charge < -0.3 is 31.3 Å². The molecule has 42 heavy (non-hydrogen) atoms. The molecule has 2 amide bonds. The van der Waals surface area contributed by atoms with Crippen LogP contribution in [0.5, 0.6) is 5.75 Å². The van der Waals surface area contributed by atoms with Gasteiger partial charge in [0.05, 0.1) is 6.61 Å². The number of thiophene rings is 1. The average Bonchev–Trinajstić information content (AvgIpc) is 3.39. The van der Waals surface area contributed by atoms with E-state index in [1.807, 2.05) is 30.5 Å². The van der Waals surface area contributed by atoms with E-state index in [1.54, 1.807) is 29.5 Å². The van der Waals surface area contributed by atoms with Crippen LogP contribution >= 0.6 is 11.3 Å². The van der Waals surface area contributed by atoms with E-state index in [2.05, 4.69) is 15.6 Å². The van der Waals surface area contributed by atoms with Gasteiger partial charge in [-0.05, 0) is 71.8 Å². The van der Waals surface area contributed by atoms with Crippen molar-refractivity contribution in [2.75, 3.05) is 25.1 Å². The molecule has 0 radical (unpaired) electrons. The van der Waals surface area contributed by atoms with Crippen molar-refractivity contribution in [2.24, 2.45) is 5.73 Å². The first-order valence-corrected chi connectivity index (χ1v) is 14.3. The third kappa shape index (κ3) is 5.89.